The first-order valence-corrected chi connectivity index (χ1v) is 10.4. The Hall–Kier alpha value is -2.28. The largest absolute Gasteiger partial charge is 0.451 e. The molecule has 0 unspecified atom stereocenters. The molecule has 136 valence electrons. The predicted molar refractivity (Wildman–Crippen MR) is 102 cm³/mol. The van der Waals surface area contributed by atoms with Crippen molar-refractivity contribution in [2.75, 3.05) is 6.26 Å². The predicted octanol–water partition coefficient (Wildman–Crippen LogP) is 3.54. The van der Waals surface area contributed by atoms with Gasteiger partial charge in [0, 0.05) is 29.7 Å². The summed E-state index contributed by atoms with van der Waals surface area (Å²) in [5.74, 6) is 2.78. The van der Waals surface area contributed by atoms with E-state index in [1.54, 1.807) is 11.8 Å². The quantitative estimate of drug-likeness (QED) is 0.744. The van der Waals surface area contributed by atoms with E-state index in [2.05, 4.69) is 20.1 Å². The van der Waals surface area contributed by atoms with E-state index in [0.29, 0.717) is 12.3 Å². The first-order valence-electron chi connectivity index (χ1n) is 8.96. The lowest BCUT2D eigenvalue weighted by Gasteiger charge is -2.08. The molecule has 0 saturated heterocycles. The number of para-hydroxylation sites is 1. The zero-order valence-electron chi connectivity index (χ0n) is 14.8. The van der Waals surface area contributed by atoms with E-state index in [-0.39, 0.29) is 5.91 Å². The summed E-state index contributed by atoms with van der Waals surface area (Å²) in [6.45, 7) is 1.29. The number of aromatic nitrogens is 3. The monoisotopic (exact) mass is 370 g/mol. The molecule has 1 aromatic carbocycles. The number of nitrogens with one attached hydrogen (secondary N) is 1. The summed E-state index contributed by atoms with van der Waals surface area (Å²) < 4.78 is 8.00. The van der Waals surface area contributed by atoms with Gasteiger partial charge in [0.05, 0.1) is 6.54 Å². The Kier molecular flexibility index (Phi) is 4.97. The van der Waals surface area contributed by atoms with Crippen molar-refractivity contribution < 1.29 is 9.21 Å². The summed E-state index contributed by atoms with van der Waals surface area (Å²) in [5, 5.41) is 12.5. The van der Waals surface area contributed by atoms with Crippen LogP contribution in [-0.2, 0) is 25.3 Å². The van der Waals surface area contributed by atoms with Crippen molar-refractivity contribution in [3.8, 4) is 0 Å². The minimum absolute atomic E-state index is 0.198. The van der Waals surface area contributed by atoms with E-state index in [1.165, 1.54) is 6.42 Å². The molecule has 3 heterocycles. The molecule has 0 bridgehead atoms. The minimum atomic E-state index is -0.198. The Morgan fingerprint density at radius 2 is 2.15 bits per heavy atom. The number of furan rings is 1. The van der Waals surface area contributed by atoms with Crippen LogP contribution in [0.4, 0.5) is 0 Å². The van der Waals surface area contributed by atoms with Crippen molar-refractivity contribution in [2.45, 2.75) is 44.5 Å². The number of fused-ring (bicyclic) bond motifs is 2. The third kappa shape index (κ3) is 3.23. The standard InChI is InChI=1S/C19H22N4O2S/c1-26-12-14-13-7-4-5-8-15(13)25-18(14)19(24)20-11-17-22-21-16-9-3-2-6-10-23(16)17/h4-5,7-8H,2-3,6,9-12H2,1H3,(H,20,24). The summed E-state index contributed by atoms with van der Waals surface area (Å²) in [6.07, 6.45) is 6.48. The van der Waals surface area contributed by atoms with Crippen LogP contribution in [0.25, 0.3) is 11.0 Å². The van der Waals surface area contributed by atoms with Crippen molar-refractivity contribution in [2.24, 2.45) is 0 Å². The molecule has 0 radical (unpaired) electrons. The van der Waals surface area contributed by atoms with Gasteiger partial charge in [0.2, 0.25) is 0 Å². The first kappa shape index (κ1) is 17.1. The van der Waals surface area contributed by atoms with E-state index in [1.807, 2.05) is 30.5 Å². The fourth-order valence-corrected chi connectivity index (χ4v) is 4.06. The third-order valence-corrected chi connectivity index (χ3v) is 5.36. The van der Waals surface area contributed by atoms with Gasteiger partial charge in [-0.1, -0.05) is 24.6 Å². The van der Waals surface area contributed by atoms with E-state index in [0.717, 1.165) is 59.7 Å². The number of hydrogen-bond acceptors (Lipinski definition) is 5. The number of amides is 1. The zero-order chi connectivity index (χ0) is 17.9. The van der Waals surface area contributed by atoms with Gasteiger partial charge in [-0.25, -0.2) is 0 Å². The molecule has 1 aliphatic rings. The summed E-state index contributed by atoms with van der Waals surface area (Å²) in [5.41, 5.74) is 1.70. The molecule has 1 aliphatic heterocycles. The fourth-order valence-electron chi connectivity index (χ4n) is 3.49. The molecule has 0 saturated carbocycles. The minimum Gasteiger partial charge on any atom is -0.451 e. The molecule has 1 amide bonds. The Bertz CT molecular complexity index is 931. The van der Waals surface area contributed by atoms with E-state index < -0.39 is 0 Å². The maximum atomic E-state index is 12.8. The fraction of sp³-hybridized carbons (Fsp3) is 0.421. The molecular weight excluding hydrogens is 348 g/mol. The van der Waals surface area contributed by atoms with Crippen molar-refractivity contribution in [3.63, 3.8) is 0 Å². The van der Waals surface area contributed by atoms with E-state index >= 15 is 0 Å². The maximum absolute atomic E-state index is 12.8. The van der Waals surface area contributed by atoms with Crippen molar-refractivity contribution in [3.05, 3.63) is 47.2 Å². The van der Waals surface area contributed by atoms with Gasteiger partial charge in [-0.15, -0.1) is 10.2 Å². The lowest BCUT2D eigenvalue weighted by molar-refractivity contribution is 0.0923. The van der Waals surface area contributed by atoms with Crippen LogP contribution in [0.1, 0.15) is 47.0 Å². The second kappa shape index (κ2) is 7.53. The number of hydrogen-bond donors (Lipinski definition) is 1. The lowest BCUT2D eigenvalue weighted by Crippen LogP contribution is -2.25. The highest BCUT2D eigenvalue weighted by molar-refractivity contribution is 7.97. The van der Waals surface area contributed by atoms with Gasteiger partial charge in [-0.3, -0.25) is 4.79 Å². The Morgan fingerprint density at radius 1 is 1.27 bits per heavy atom. The number of thioether (sulfide) groups is 1. The van der Waals surface area contributed by atoms with Crippen LogP contribution in [0.3, 0.4) is 0 Å². The number of rotatable bonds is 5. The van der Waals surface area contributed by atoms with Crippen LogP contribution < -0.4 is 5.32 Å². The summed E-state index contributed by atoms with van der Waals surface area (Å²) in [6, 6.07) is 7.78. The molecular formula is C19H22N4O2S. The van der Waals surface area contributed by atoms with Crippen LogP contribution in [0, 0.1) is 0 Å². The van der Waals surface area contributed by atoms with Crippen molar-refractivity contribution >= 4 is 28.6 Å². The van der Waals surface area contributed by atoms with Crippen LogP contribution in [-0.4, -0.2) is 26.9 Å². The molecule has 0 atom stereocenters. The molecule has 0 spiro atoms. The lowest BCUT2D eigenvalue weighted by atomic mass is 10.1. The molecule has 0 aliphatic carbocycles. The highest BCUT2D eigenvalue weighted by atomic mass is 32.2. The van der Waals surface area contributed by atoms with Crippen LogP contribution in [0.15, 0.2) is 28.7 Å². The van der Waals surface area contributed by atoms with Crippen LogP contribution >= 0.6 is 11.8 Å². The summed E-state index contributed by atoms with van der Waals surface area (Å²) in [4.78, 5) is 12.8. The second-order valence-corrected chi connectivity index (χ2v) is 7.38. The Balaban J connectivity index is 1.55. The molecule has 2 aromatic heterocycles. The maximum Gasteiger partial charge on any atom is 0.287 e. The van der Waals surface area contributed by atoms with Gasteiger partial charge in [0.1, 0.15) is 11.4 Å². The Labute approximate surface area is 156 Å². The molecule has 6 nitrogen and oxygen atoms in total. The van der Waals surface area contributed by atoms with Gasteiger partial charge in [0.25, 0.3) is 5.91 Å². The SMILES string of the molecule is CSCc1c(C(=O)NCc2nnc3n2CCCCC3)oc2ccccc12. The van der Waals surface area contributed by atoms with Gasteiger partial charge in [0.15, 0.2) is 11.6 Å². The first-order chi connectivity index (χ1) is 12.8. The molecule has 26 heavy (non-hydrogen) atoms. The number of benzene rings is 1. The molecule has 0 fully saturated rings. The van der Waals surface area contributed by atoms with Gasteiger partial charge in [-0.05, 0) is 25.2 Å². The number of nitrogens with zero attached hydrogens (tertiary/aromatic N) is 3. The van der Waals surface area contributed by atoms with Gasteiger partial charge < -0.3 is 14.3 Å². The topological polar surface area (TPSA) is 73.0 Å². The van der Waals surface area contributed by atoms with E-state index in [4.69, 9.17) is 4.42 Å². The van der Waals surface area contributed by atoms with Crippen molar-refractivity contribution in [1.29, 1.82) is 0 Å². The van der Waals surface area contributed by atoms with Crippen LogP contribution in [0.5, 0.6) is 0 Å². The average molecular weight is 370 g/mol. The second-order valence-electron chi connectivity index (χ2n) is 6.52. The number of aryl methyl sites for hydroxylation is 1. The highest BCUT2D eigenvalue weighted by Crippen LogP contribution is 2.28. The summed E-state index contributed by atoms with van der Waals surface area (Å²) >= 11 is 1.68. The molecule has 7 heteroatoms. The molecule has 3 aromatic rings. The van der Waals surface area contributed by atoms with Crippen LogP contribution in [0.2, 0.25) is 0 Å². The normalized spacial score (nSPS) is 14.2. The number of carbonyl (C=O) groups is 1. The van der Waals surface area contributed by atoms with Gasteiger partial charge in [-0.2, -0.15) is 11.8 Å². The average Bonchev–Trinajstić information content (AvgIpc) is 3.13. The molecule has 4 rings (SSSR count). The number of carbonyl (C=O) groups excluding carboxylic acids is 1. The highest BCUT2D eigenvalue weighted by Gasteiger charge is 2.21. The van der Waals surface area contributed by atoms with Crippen molar-refractivity contribution in [1.82, 2.24) is 20.1 Å². The third-order valence-electron chi connectivity index (χ3n) is 4.79. The molecule has 1 N–H and O–H groups in total. The van der Waals surface area contributed by atoms with Gasteiger partial charge >= 0.3 is 0 Å². The summed E-state index contributed by atoms with van der Waals surface area (Å²) in [7, 11) is 0. The van der Waals surface area contributed by atoms with E-state index in [9.17, 15) is 4.79 Å². The Morgan fingerprint density at radius 3 is 3.04 bits per heavy atom. The zero-order valence-corrected chi connectivity index (χ0v) is 15.6. The smallest absolute Gasteiger partial charge is 0.287 e.